The molecule has 0 saturated heterocycles. The predicted octanol–water partition coefficient (Wildman–Crippen LogP) is 0.688. The fourth-order valence-electron chi connectivity index (χ4n) is 2.22. The number of nitrogens with zero attached hydrogens (tertiary/aromatic N) is 1. The number of nitrogens with one attached hydrogen (secondary N) is 2. The van der Waals surface area contributed by atoms with Gasteiger partial charge >= 0.3 is 0 Å². The maximum atomic E-state index is 11.5. The van der Waals surface area contributed by atoms with Crippen LogP contribution in [0.3, 0.4) is 0 Å². The van der Waals surface area contributed by atoms with Crippen LogP contribution in [0, 0.1) is 5.92 Å². The average Bonchev–Trinajstić information content (AvgIpc) is 2.54. The van der Waals surface area contributed by atoms with Crippen molar-refractivity contribution in [2.24, 2.45) is 11.0 Å². The number of hydrogen-bond acceptors (Lipinski definition) is 5. The number of hydrogen-bond donors (Lipinski definition) is 2. The van der Waals surface area contributed by atoms with Crippen LogP contribution in [0.25, 0.3) is 0 Å². The lowest BCUT2D eigenvalue weighted by Gasteiger charge is -2.19. The zero-order valence-corrected chi connectivity index (χ0v) is 13.3. The number of ether oxygens (including phenoxy) is 2. The van der Waals surface area contributed by atoms with Gasteiger partial charge in [-0.1, -0.05) is 6.92 Å². The van der Waals surface area contributed by atoms with Gasteiger partial charge in [-0.25, -0.2) is 5.43 Å². The summed E-state index contributed by atoms with van der Waals surface area (Å²) < 4.78 is 10.3. The standard InChI is InChI=1S/C16H21N3O4/c1-11-9-14(20)18-19-16(11)12-3-5-13(6-4-12)23-10-15(21)17-7-8-22-2/h3-6,11H,7-10H2,1-2H3,(H,17,21)(H,18,20). The van der Waals surface area contributed by atoms with E-state index in [1.165, 1.54) is 0 Å². The summed E-state index contributed by atoms with van der Waals surface area (Å²) in [6.07, 6.45) is 0.429. The van der Waals surface area contributed by atoms with Crippen molar-refractivity contribution in [3.63, 3.8) is 0 Å². The maximum Gasteiger partial charge on any atom is 0.258 e. The van der Waals surface area contributed by atoms with Crippen molar-refractivity contribution in [2.45, 2.75) is 13.3 Å². The number of methoxy groups -OCH3 is 1. The zero-order chi connectivity index (χ0) is 16.7. The minimum Gasteiger partial charge on any atom is -0.484 e. The molecule has 1 atom stereocenters. The molecule has 1 aromatic rings. The summed E-state index contributed by atoms with van der Waals surface area (Å²) in [5.74, 6) is 0.408. The van der Waals surface area contributed by atoms with Gasteiger partial charge in [0.1, 0.15) is 5.75 Å². The minimum absolute atomic E-state index is 0.0452. The molecule has 0 fully saturated rings. The molecule has 1 aliphatic rings. The van der Waals surface area contributed by atoms with E-state index in [0.29, 0.717) is 25.3 Å². The summed E-state index contributed by atoms with van der Waals surface area (Å²) in [6, 6.07) is 7.29. The van der Waals surface area contributed by atoms with Crippen LogP contribution >= 0.6 is 0 Å². The zero-order valence-electron chi connectivity index (χ0n) is 13.3. The lowest BCUT2D eigenvalue weighted by Crippen LogP contribution is -2.32. The number of carbonyl (C=O) groups excluding carboxylic acids is 2. The molecular formula is C16H21N3O4. The Morgan fingerprint density at radius 1 is 1.39 bits per heavy atom. The van der Waals surface area contributed by atoms with Crippen LogP contribution in [0.2, 0.25) is 0 Å². The second kappa shape index (κ2) is 8.28. The lowest BCUT2D eigenvalue weighted by molar-refractivity contribution is -0.123. The van der Waals surface area contributed by atoms with Crippen LogP contribution in [0.5, 0.6) is 5.75 Å². The Labute approximate surface area is 135 Å². The van der Waals surface area contributed by atoms with Crippen molar-refractivity contribution in [3.05, 3.63) is 29.8 Å². The molecule has 0 spiro atoms. The monoisotopic (exact) mass is 319 g/mol. The first kappa shape index (κ1) is 17.0. The van der Waals surface area contributed by atoms with Gasteiger partial charge in [-0.3, -0.25) is 9.59 Å². The number of benzene rings is 1. The molecule has 2 amide bonds. The first-order valence-corrected chi connectivity index (χ1v) is 7.45. The second-order valence-corrected chi connectivity index (χ2v) is 5.29. The molecule has 0 bridgehead atoms. The Balaban J connectivity index is 1.87. The maximum absolute atomic E-state index is 11.5. The van der Waals surface area contributed by atoms with Crippen molar-refractivity contribution < 1.29 is 19.1 Å². The third-order valence-corrected chi connectivity index (χ3v) is 3.41. The third kappa shape index (κ3) is 5.07. The van der Waals surface area contributed by atoms with E-state index in [2.05, 4.69) is 15.8 Å². The molecule has 124 valence electrons. The van der Waals surface area contributed by atoms with Gasteiger partial charge in [0, 0.05) is 26.0 Å². The van der Waals surface area contributed by atoms with Gasteiger partial charge in [-0.05, 0) is 29.8 Å². The third-order valence-electron chi connectivity index (χ3n) is 3.41. The Morgan fingerprint density at radius 2 is 2.13 bits per heavy atom. The SMILES string of the molecule is COCCNC(=O)COc1ccc(C2=NNC(=O)CC2C)cc1. The number of amides is 2. The molecule has 2 N–H and O–H groups in total. The van der Waals surface area contributed by atoms with Gasteiger partial charge < -0.3 is 14.8 Å². The van der Waals surface area contributed by atoms with E-state index in [9.17, 15) is 9.59 Å². The highest BCUT2D eigenvalue weighted by Gasteiger charge is 2.21. The molecule has 1 heterocycles. The molecule has 7 nitrogen and oxygen atoms in total. The molecule has 0 aromatic heterocycles. The molecule has 0 aliphatic carbocycles. The summed E-state index contributed by atoms with van der Waals surface area (Å²) in [5.41, 5.74) is 4.26. The molecule has 23 heavy (non-hydrogen) atoms. The largest absolute Gasteiger partial charge is 0.484 e. The van der Waals surface area contributed by atoms with E-state index in [0.717, 1.165) is 11.3 Å². The van der Waals surface area contributed by atoms with E-state index in [1.807, 2.05) is 19.1 Å². The molecular weight excluding hydrogens is 298 g/mol. The summed E-state index contributed by atoms with van der Waals surface area (Å²) in [5, 5.41) is 6.79. The highest BCUT2D eigenvalue weighted by atomic mass is 16.5. The average molecular weight is 319 g/mol. The Morgan fingerprint density at radius 3 is 2.78 bits per heavy atom. The Kier molecular flexibility index (Phi) is 6.10. The van der Waals surface area contributed by atoms with Gasteiger partial charge in [0.15, 0.2) is 6.61 Å². The highest BCUT2D eigenvalue weighted by molar-refractivity contribution is 6.05. The molecule has 0 radical (unpaired) electrons. The van der Waals surface area contributed by atoms with Gasteiger partial charge in [0.2, 0.25) is 5.91 Å². The molecule has 1 aromatic carbocycles. The quantitative estimate of drug-likeness (QED) is 0.724. The van der Waals surface area contributed by atoms with Crippen molar-refractivity contribution in [3.8, 4) is 5.75 Å². The minimum atomic E-state index is -0.195. The van der Waals surface area contributed by atoms with Gasteiger partial charge in [0.05, 0.1) is 12.3 Å². The number of hydrazone groups is 1. The van der Waals surface area contributed by atoms with E-state index in [-0.39, 0.29) is 24.3 Å². The van der Waals surface area contributed by atoms with Crippen molar-refractivity contribution in [1.82, 2.24) is 10.7 Å². The van der Waals surface area contributed by atoms with E-state index < -0.39 is 0 Å². The van der Waals surface area contributed by atoms with Crippen LogP contribution in [0.4, 0.5) is 0 Å². The van der Waals surface area contributed by atoms with E-state index in [4.69, 9.17) is 9.47 Å². The van der Waals surface area contributed by atoms with E-state index >= 15 is 0 Å². The Hall–Kier alpha value is -2.41. The lowest BCUT2D eigenvalue weighted by atomic mass is 9.94. The molecule has 1 unspecified atom stereocenters. The molecule has 7 heteroatoms. The van der Waals surface area contributed by atoms with Crippen LogP contribution in [0.1, 0.15) is 18.9 Å². The normalized spacial score (nSPS) is 17.2. The van der Waals surface area contributed by atoms with Gasteiger partial charge in [-0.2, -0.15) is 5.10 Å². The number of rotatable bonds is 7. The van der Waals surface area contributed by atoms with Crippen molar-refractivity contribution in [1.29, 1.82) is 0 Å². The van der Waals surface area contributed by atoms with Crippen molar-refractivity contribution >= 4 is 17.5 Å². The van der Waals surface area contributed by atoms with Crippen LogP contribution in [0.15, 0.2) is 29.4 Å². The molecule has 1 aliphatic heterocycles. The van der Waals surface area contributed by atoms with Crippen LogP contribution in [-0.2, 0) is 14.3 Å². The fraction of sp³-hybridized carbons (Fsp3) is 0.438. The highest BCUT2D eigenvalue weighted by Crippen LogP contribution is 2.19. The fourth-order valence-corrected chi connectivity index (χ4v) is 2.22. The summed E-state index contributed by atoms with van der Waals surface area (Å²) in [6.45, 7) is 2.85. The first-order valence-electron chi connectivity index (χ1n) is 7.45. The van der Waals surface area contributed by atoms with Crippen LogP contribution < -0.4 is 15.5 Å². The summed E-state index contributed by atoms with van der Waals surface area (Å²) >= 11 is 0. The first-order chi connectivity index (χ1) is 11.1. The Bertz CT molecular complexity index is 583. The topological polar surface area (TPSA) is 89.0 Å². The summed E-state index contributed by atoms with van der Waals surface area (Å²) in [7, 11) is 1.58. The molecule has 0 saturated carbocycles. The summed E-state index contributed by atoms with van der Waals surface area (Å²) in [4.78, 5) is 22.8. The molecule has 2 rings (SSSR count). The van der Waals surface area contributed by atoms with E-state index in [1.54, 1.807) is 19.2 Å². The smallest absolute Gasteiger partial charge is 0.258 e. The van der Waals surface area contributed by atoms with Crippen molar-refractivity contribution in [2.75, 3.05) is 26.9 Å². The predicted molar refractivity (Wildman–Crippen MR) is 85.3 cm³/mol. The number of carbonyl (C=O) groups is 2. The van der Waals surface area contributed by atoms with Gasteiger partial charge in [0.25, 0.3) is 5.91 Å². The van der Waals surface area contributed by atoms with Crippen LogP contribution in [-0.4, -0.2) is 44.4 Å². The second-order valence-electron chi connectivity index (χ2n) is 5.29. The van der Waals surface area contributed by atoms with Gasteiger partial charge in [-0.15, -0.1) is 0 Å².